The molecule has 0 radical (unpaired) electrons. The van der Waals surface area contributed by atoms with Gasteiger partial charge in [0.25, 0.3) is 0 Å². The zero-order valence-electron chi connectivity index (χ0n) is 13.5. The van der Waals surface area contributed by atoms with Crippen molar-refractivity contribution in [2.75, 3.05) is 5.43 Å². The Labute approximate surface area is 149 Å². The first-order valence-corrected chi connectivity index (χ1v) is 7.97. The molecular formula is C20H13N3O3. The molecule has 0 aromatic heterocycles. The van der Waals surface area contributed by atoms with Crippen LogP contribution in [0.2, 0.25) is 0 Å². The molecule has 0 saturated heterocycles. The molecule has 0 heterocycles. The fourth-order valence-corrected chi connectivity index (χ4v) is 2.95. The number of ketones is 2. The summed E-state index contributed by atoms with van der Waals surface area (Å²) in [5.74, 6) is -0.494. The maximum Gasteiger partial charge on any atom is 0.198 e. The number of benzene rings is 3. The standard InChI is InChI=1S/C20H13N3O3/c24-19-14-9-4-5-10-15(14)20(25)18-16(19)11-6-12-17(18)21-22-23(26)13-7-2-1-3-8-13/h1-12,21H. The second kappa shape index (κ2) is 6.25. The van der Waals surface area contributed by atoms with Gasteiger partial charge in [0.1, 0.15) is 0 Å². The summed E-state index contributed by atoms with van der Waals surface area (Å²) in [5, 5.41) is 15.8. The number of carbonyl (C=O) groups excluding carboxylic acids is 2. The molecule has 1 aliphatic rings. The van der Waals surface area contributed by atoms with Crippen molar-refractivity contribution >= 4 is 22.9 Å². The summed E-state index contributed by atoms with van der Waals surface area (Å²) in [4.78, 5) is 26.0. The van der Waals surface area contributed by atoms with Crippen molar-refractivity contribution in [1.29, 1.82) is 0 Å². The van der Waals surface area contributed by atoms with Crippen molar-refractivity contribution in [2.24, 2.45) is 5.22 Å². The molecule has 6 nitrogen and oxygen atoms in total. The van der Waals surface area contributed by atoms with E-state index < -0.39 is 0 Å². The van der Waals surface area contributed by atoms with Gasteiger partial charge in [0.15, 0.2) is 22.9 Å². The van der Waals surface area contributed by atoms with Gasteiger partial charge in [-0.1, -0.05) is 48.5 Å². The highest BCUT2D eigenvalue weighted by molar-refractivity contribution is 6.30. The van der Waals surface area contributed by atoms with Gasteiger partial charge >= 0.3 is 0 Å². The Morgan fingerprint density at radius 2 is 1.35 bits per heavy atom. The Kier molecular flexibility index (Phi) is 3.78. The van der Waals surface area contributed by atoms with E-state index in [1.54, 1.807) is 72.8 Å². The molecule has 6 heteroatoms. The summed E-state index contributed by atoms with van der Waals surface area (Å²) >= 11 is 0. The Balaban J connectivity index is 1.74. The minimum absolute atomic E-state index is 0.221. The van der Waals surface area contributed by atoms with Gasteiger partial charge in [-0.25, -0.2) is 0 Å². The fraction of sp³-hybridized carbons (Fsp3) is 0. The van der Waals surface area contributed by atoms with Crippen molar-refractivity contribution in [3.63, 3.8) is 0 Å². The first-order valence-electron chi connectivity index (χ1n) is 7.97. The molecule has 0 unspecified atom stereocenters. The Morgan fingerprint density at radius 3 is 2.08 bits per heavy atom. The van der Waals surface area contributed by atoms with E-state index in [0.717, 1.165) is 0 Å². The number of carbonyl (C=O) groups is 2. The maximum absolute atomic E-state index is 12.9. The van der Waals surface area contributed by atoms with E-state index in [-0.39, 0.29) is 17.1 Å². The second-order valence-corrected chi connectivity index (χ2v) is 5.75. The third-order valence-corrected chi connectivity index (χ3v) is 4.19. The molecule has 0 saturated carbocycles. The molecule has 0 aliphatic heterocycles. The monoisotopic (exact) mass is 343 g/mol. The smallest absolute Gasteiger partial charge is 0.198 e. The molecule has 26 heavy (non-hydrogen) atoms. The summed E-state index contributed by atoms with van der Waals surface area (Å²) in [5.41, 5.74) is 4.53. The van der Waals surface area contributed by atoms with Gasteiger partial charge in [-0.3, -0.25) is 9.59 Å². The van der Waals surface area contributed by atoms with Crippen LogP contribution >= 0.6 is 0 Å². The molecule has 0 amide bonds. The molecule has 1 N–H and O–H groups in total. The third kappa shape index (κ3) is 2.53. The molecule has 0 atom stereocenters. The highest BCUT2D eigenvalue weighted by Gasteiger charge is 2.32. The Morgan fingerprint density at radius 1 is 0.731 bits per heavy atom. The molecule has 0 fully saturated rings. The van der Waals surface area contributed by atoms with Crippen LogP contribution < -0.4 is 5.43 Å². The number of para-hydroxylation sites is 1. The number of hydrogen-bond donors (Lipinski definition) is 1. The van der Waals surface area contributed by atoms with Crippen LogP contribution in [0.25, 0.3) is 0 Å². The predicted molar refractivity (Wildman–Crippen MR) is 95.5 cm³/mol. The van der Waals surface area contributed by atoms with E-state index in [4.69, 9.17) is 0 Å². The maximum atomic E-state index is 12.9. The van der Waals surface area contributed by atoms with Crippen molar-refractivity contribution < 1.29 is 14.4 Å². The van der Waals surface area contributed by atoms with Crippen LogP contribution in [0.4, 0.5) is 11.4 Å². The van der Waals surface area contributed by atoms with Crippen LogP contribution in [0, 0.1) is 5.21 Å². The number of nitrogens with zero attached hydrogens (tertiary/aromatic N) is 2. The Bertz CT molecular complexity index is 1060. The highest BCUT2D eigenvalue weighted by Crippen LogP contribution is 2.32. The molecule has 3 aromatic carbocycles. The minimum atomic E-state index is -0.273. The average molecular weight is 343 g/mol. The van der Waals surface area contributed by atoms with Crippen molar-refractivity contribution in [1.82, 2.24) is 0 Å². The van der Waals surface area contributed by atoms with Crippen molar-refractivity contribution in [3.05, 3.63) is 100 Å². The van der Waals surface area contributed by atoms with Crippen LogP contribution in [-0.2, 0) is 0 Å². The van der Waals surface area contributed by atoms with E-state index in [2.05, 4.69) is 10.6 Å². The number of nitrogens with one attached hydrogen (secondary N) is 1. The number of anilines is 1. The molecule has 3 aromatic rings. The van der Waals surface area contributed by atoms with E-state index in [1.165, 1.54) is 0 Å². The number of hydrogen-bond acceptors (Lipinski definition) is 4. The van der Waals surface area contributed by atoms with Gasteiger partial charge in [0.05, 0.1) is 10.8 Å². The first-order chi connectivity index (χ1) is 12.7. The number of fused-ring (bicyclic) bond motifs is 2. The third-order valence-electron chi connectivity index (χ3n) is 4.19. The lowest BCUT2D eigenvalue weighted by molar-refractivity contribution is -0.439. The molecule has 1 aliphatic carbocycles. The topological polar surface area (TPSA) is 84.6 Å². The highest BCUT2D eigenvalue weighted by atomic mass is 16.5. The molecule has 0 spiro atoms. The minimum Gasteiger partial charge on any atom is -0.691 e. The summed E-state index contributed by atoms with van der Waals surface area (Å²) in [6.45, 7) is 0. The fourth-order valence-electron chi connectivity index (χ4n) is 2.95. The van der Waals surface area contributed by atoms with Crippen molar-refractivity contribution in [2.45, 2.75) is 0 Å². The molecule has 0 bridgehead atoms. The lowest BCUT2D eigenvalue weighted by atomic mass is 9.83. The normalized spacial score (nSPS) is 13.2. The lowest BCUT2D eigenvalue weighted by Crippen LogP contribution is -2.22. The van der Waals surface area contributed by atoms with Crippen LogP contribution in [0.3, 0.4) is 0 Å². The molecule has 126 valence electrons. The zero-order valence-corrected chi connectivity index (χ0v) is 13.5. The van der Waals surface area contributed by atoms with Crippen LogP contribution in [0.1, 0.15) is 31.8 Å². The van der Waals surface area contributed by atoms with Gasteiger partial charge in [0.2, 0.25) is 0 Å². The van der Waals surface area contributed by atoms with Crippen molar-refractivity contribution in [3.8, 4) is 0 Å². The SMILES string of the molecule is O=C1c2ccccc2C(=O)c2c(NN=[N+]([O-])c3ccccc3)cccc21. The van der Waals surface area contributed by atoms with Crippen LogP contribution in [0.5, 0.6) is 0 Å². The van der Waals surface area contributed by atoms with E-state index >= 15 is 0 Å². The van der Waals surface area contributed by atoms with Gasteiger partial charge in [-0.15, -0.1) is 10.3 Å². The van der Waals surface area contributed by atoms with E-state index in [1.807, 2.05) is 0 Å². The molecular weight excluding hydrogens is 330 g/mol. The summed E-state index contributed by atoms with van der Waals surface area (Å²) in [7, 11) is 0. The van der Waals surface area contributed by atoms with Gasteiger partial charge < -0.3 is 5.21 Å². The van der Waals surface area contributed by atoms with Crippen LogP contribution in [0.15, 0.2) is 78.0 Å². The summed E-state index contributed by atoms with van der Waals surface area (Å²) < 4.78 is 0. The lowest BCUT2D eigenvalue weighted by Gasteiger charge is -2.18. The second-order valence-electron chi connectivity index (χ2n) is 5.75. The van der Waals surface area contributed by atoms with Crippen LogP contribution in [-0.4, -0.2) is 16.4 Å². The quantitative estimate of drug-likeness (QED) is 0.345. The van der Waals surface area contributed by atoms with E-state index in [0.29, 0.717) is 32.9 Å². The van der Waals surface area contributed by atoms with Gasteiger partial charge in [0, 0.05) is 16.7 Å². The number of rotatable bonds is 3. The summed E-state index contributed by atoms with van der Waals surface area (Å²) in [6, 6.07) is 20.0. The van der Waals surface area contributed by atoms with Gasteiger partial charge in [-0.2, -0.15) is 0 Å². The Hall–Kier alpha value is -3.80. The first kappa shape index (κ1) is 15.7. The average Bonchev–Trinajstić information content (AvgIpc) is 2.70. The van der Waals surface area contributed by atoms with Gasteiger partial charge in [-0.05, 0) is 24.3 Å². The zero-order chi connectivity index (χ0) is 18.1. The van der Waals surface area contributed by atoms with E-state index in [9.17, 15) is 14.8 Å². The largest absolute Gasteiger partial charge is 0.691 e. The molecule has 4 rings (SSSR count). The summed E-state index contributed by atoms with van der Waals surface area (Å²) in [6.07, 6.45) is 0. The predicted octanol–water partition coefficient (Wildman–Crippen LogP) is 4.08.